The molecule has 0 spiro atoms. The van der Waals surface area contributed by atoms with Crippen molar-refractivity contribution in [3.05, 3.63) is 59.9 Å². The highest BCUT2D eigenvalue weighted by Crippen LogP contribution is 2.21. The molecule has 1 atom stereocenters. The first kappa shape index (κ1) is 20.4. The van der Waals surface area contributed by atoms with E-state index in [4.69, 9.17) is 10.5 Å². The van der Waals surface area contributed by atoms with Gasteiger partial charge in [-0.05, 0) is 50.1 Å². The smallest absolute Gasteiger partial charge is 0.253 e. The molecule has 144 valence electrons. The summed E-state index contributed by atoms with van der Waals surface area (Å²) in [5, 5.41) is 2.62. The Morgan fingerprint density at radius 2 is 1.89 bits per heavy atom. The van der Waals surface area contributed by atoms with Gasteiger partial charge in [0.2, 0.25) is 0 Å². The number of carbonyl (C=O) groups excluding carboxylic acids is 2. The molecule has 2 aromatic rings. The number of rotatable bonds is 10. The van der Waals surface area contributed by atoms with Gasteiger partial charge in [-0.1, -0.05) is 6.07 Å². The summed E-state index contributed by atoms with van der Waals surface area (Å²) in [5.41, 5.74) is 5.76. The molecule has 6 nitrogen and oxygen atoms in total. The van der Waals surface area contributed by atoms with Gasteiger partial charge in [-0.3, -0.25) is 14.6 Å². The fraction of sp³-hybridized carbons (Fsp3) is 0.316. The molecule has 0 aliphatic heterocycles. The van der Waals surface area contributed by atoms with Crippen LogP contribution >= 0.6 is 0 Å². The number of aromatic nitrogens is 1. The molecule has 0 unspecified atom stereocenters. The fourth-order valence-electron chi connectivity index (χ4n) is 2.41. The van der Waals surface area contributed by atoms with Crippen LogP contribution in [-0.2, 0) is 4.79 Å². The first-order valence-electron chi connectivity index (χ1n) is 8.53. The first-order valence-corrected chi connectivity index (χ1v) is 8.53. The van der Waals surface area contributed by atoms with E-state index in [0.29, 0.717) is 31.4 Å². The maximum atomic E-state index is 13.6. The van der Waals surface area contributed by atoms with Crippen LogP contribution in [0.1, 0.15) is 29.6 Å². The number of carbonyl (C=O) groups is 2. The third kappa shape index (κ3) is 6.10. The van der Waals surface area contributed by atoms with Gasteiger partial charge in [-0.15, -0.1) is 0 Å². The van der Waals surface area contributed by atoms with Crippen molar-refractivity contribution in [1.82, 2.24) is 10.3 Å². The molecule has 3 N–H and O–H groups in total. The number of halogens is 2. The zero-order chi connectivity index (χ0) is 19.6. The number of nitrogens with two attached hydrogens (primary N) is 1. The van der Waals surface area contributed by atoms with Crippen LogP contribution in [0.15, 0.2) is 42.7 Å². The highest BCUT2D eigenvalue weighted by Gasteiger charge is 2.22. The van der Waals surface area contributed by atoms with Gasteiger partial charge in [0.25, 0.3) is 5.91 Å². The molecule has 0 saturated carbocycles. The van der Waals surface area contributed by atoms with Gasteiger partial charge in [0.05, 0.1) is 11.6 Å². The van der Waals surface area contributed by atoms with Crippen LogP contribution in [0.5, 0.6) is 5.75 Å². The lowest BCUT2D eigenvalue weighted by Crippen LogP contribution is -2.43. The molecule has 0 bridgehead atoms. The Bertz CT molecular complexity index is 752. The molecule has 0 aliphatic rings. The number of Topliss-reactive ketones (excluding diaryl/α,β-unsaturated/α-hetero) is 1. The van der Waals surface area contributed by atoms with Gasteiger partial charge in [-0.2, -0.15) is 0 Å². The minimum Gasteiger partial charge on any atom is -0.480 e. The van der Waals surface area contributed by atoms with Gasteiger partial charge in [0.1, 0.15) is 6.61 Å². The second-order valence-electron chi connectivity index (χ2n) is 5.86. The van der Waals surface area contributed by atoms with Gasteiger partial charge >= 0.3 is 0 Å². The van der Waals surface area contributed by atoms with Crippen LogP contribution in [0, 0.1) is 11.6 Å². The van der Waals surface area contributed by atoms with E-state index < -0.39 is 41.7 Å². The largest absolute Gasteiger partial charge is 0.480 e. The number of amides is 1. The number of ether oxygens (including phenoxy) is 1. The maximum absolute atomic E-state index is 13.6. The lowest BCUT2D eigenvalue weighted by atomic mass is 10.0. The van der Waals surface area contributed by atoms with Crippen LogP contribution in [0.2, 0.25) is 0 Å². The summed E-state index contributed by atoms with van der Waals surface area (Å²) in [6.07, 6.45) is 4.52. The second-order valence-corrected chi connectivity index (χ2v) is 5.86. The summed E-state index contributed by atoms with van der Waals surface area (Å²) < 4.78 is 32.2. The maximum Gasteiger partial charge on any atom is 0.253 e. The van der Waals surface area contributed by atoms with E-state index >= 15 is 0 Å². The van der Waals surface area contributed by atoms with Gasteiger partial charge < -0.3 is 15.8 Å². The van der Waals surface area contributed by atoms with Crippen molar-refractivity contribution in [2.24, 2.45) is 5.73 Å². The standard InChI is InChI=1S/C19H21F2N3O3/c20-14-6-3-7-15(21)18(14)27-12-17(25)16(8-1-2-9-22)24-19(26)13-5-4-10-23-11-13/h3-7,10-11,16H,1-2,8-9,12,22H2,(H,24,26)/t16-/m0/s1. The van der Waals surface area contributed by atoms with E-state index in [2.05, 4.69) is 10.3 Å². The molecule has 8 heteroatoms. The van der Waals surface area contributed by atoms with Crippen LogP contribution in [0.4, 0.5) is 8.78 Å². The molecule has 0 aliphatic carbocycles. The monoisotopic (exact) mass is 377 g/mol. The fourth-order valence-corrected chi connectivity index (χ4v) is 2.41. The van der Waals surface area contributed by atoms with Crippen molar-refractivity contribution in [3.8, 4) is 5.75 Å². The number of nitrogens with one attached hydrogen (secondary N) is 1. The summed E-state index contributed by atoms with van der Waals surface area (Å²) >= 11 is 0. The number of hydrogen-bond donors (Lipinski definition) is 2. The summed E-state index contributed by atoms with van der Waals surface area (Å²) in [5.74, 6) is -3.38. The van der Waals surface area contributed by atoms with E-state index in [1.54, 1.807) is 12.1 Å². The molecule has 1 aromatic carbocycles. The first-order chi connectivity index (χ1) is 13.0. The third-order valence-corrected chi connectivity index (χ3v) is 3.84. The average molecular weight is 377 g/mol. The van der Waals surface area contributed by atoms with Gasteiger partial charge in [0, 0.05) is 12.4 Å². The second kappa shape index (κ2) is 10.3. The SMILES string of the molecule is NCCCC[C@H](NC(=O)c1cccnc1)C(=O)COc1c(F)cccc1F. The Balaban J connectivity index is 2.03. The minimum absolute atomic E-state index is 0.301. The Morgan fingerprint density at radius 3 is 2.52 bits per heavy atom. The molecule has 2 rings (SSSR count). The highest BCUT2D eigenvalue weighted by atomic mass is 19.1. The summed E-state index contributed by atoms with van der Waals surface area (Å²) in [7, 11) is 0. The van der Waals surface area contributed by atoms with Crippen molar-refractivity contribution >= 4 is 11.7 Å². The normalized spacial score (nSPS) is 11.7. The van der Waals surface area contributed by atoms with Crippen LogP contribution in [0.3, 0.4) is 0 Å². The molecule has 1 heterocycles. The van der Waals surface area contributed by atoms with Gasteiger partial charge in [0.15, 0.2) is 23.2 Å². The van der Waals surface area contributed by atoms with Crippen molar-refractivity contribution in [2.75, 3.05) is 13.2 Å². The Morgan fingerprint density at radius 1 is 1.15 bits per heavy atom. The van der Waals surface area contributed by atoms with E-state index in [0.717, 1.165) is 12.1 Å². The quantitative estimate of drug-likeness (QED) is 0.619. The molecule has 0 fully saturated rings. The highest BCUT2D eigenvalue weighted by molar-refractivity contribution is 5.98. The lowest BCUT2D eigenvalue weighted by Gasteiger charge is -2.18. The Hall–Kier alpha value is -2.87. The van der Waals surface area contributed by atoms with Crippen LogP contribution in [0.25, 0.3) is 0 Å². The molecule has 1 amide bonds. The average Bonchev–Trinajstić information content (AvgIpc) is 2.67. The van der Waals surface area contributed by atoms with E-state index in [1.807, 2.05) is 0 Å². The number of hydrogen-bond acceptors (Lipinski definition) is 5. The summed E-state index contributed by atoms with van der Waals surface area (Å²) in [4.78, 5) is 28.6. The van der Waals surface area contributed by atoms with Gasteiger partial charge in [-0.25, -0.2) is 8.78 Å². The van der Waals surface area contributed by atoms with Crippen molar-refractivity contribution < 1.29 is 23.1 Å². The molecule has 0 saturated heterocycles. The molecular weight excluding hydrogens is 356 g/mol. The Kier molecular flexibility index (Phi) is 7.81. The van der Waals surface area contributed by atoms with Crippen molar-refractivity contribution in [1.29, 1.82) is 0 Å². The van der Waals surface area contributed by atoms with Crippen molar-refractivity contribution in [3.63, 3.8) is 0 Å². The molecular formula is C19H21F2N3O3. The van der Waals surface area contributed by atoms with E-state index in [1.165, 1.54) is 18.5 Å². The third-order valence-electron chi connectivity index (χ3n) is 3.84. The molecule has 1 aromatic heterocycles. The van der Waals surface area contributed by atoms with Crippen LogP contribution < -0.4 is 15.8 Å². The van der Waals surface area contributed by atoms with E-state index in [-0.39, 0.29) is 0 Å². The number of ketones is 1. The van der Waals surface area contributed by atoms with E-state index in [9.17, 15) is 18.4 Å². The number of pyridine rings is 1. The Labute approximate surface area is 155 Å². The molecule has 27 heavy (non-hydrogen) atoms. The number of nitrogens with zero attached hydrogens (tertiary/aromatic N) is 1. The zero-order valence-corrected chi connectivity index (χ0v) is 14.7. The topological polar surface area (TPSA) is 94.3 Å². The molecule has 0 radical (unpaired) electrons. The van der Waals surface area contributed by atoms with Crippen molar-refractivity contribution in [2.45, 2.75) is 25.3 Å². The summed E-state index contributed by atoms with van der Waals surface area (Å²) in [6.45, 7) is -0.118. The predicted molar refractivity (Wildman–Crippen MR) is 95.3 cm³/mol. The minimum atomic E-state index is -0.901. The van der Waals surface area contributed by atoms with Crippen LogP contribution in [-0.4, -0.2) is 35.9 Å². The predicted octanol–water partition coefficient (Wildman–Crippen LogP) is 2.24. The number of para-hydroxylation sites is 1. The number of benzene rings is 1. The lowest BCUT2D eigenvalue weighted by molar-refractivity contribution is -0.123. The summed E-state index contributed by atoms with van der Waals surface area (Å²) in [6, 6.07) is 5.57. The number of unbranched alkanes of at least 4 members (excludes halogenated alkanes) is 1. The zero-order valence-electron chi connectivity index (χ0n) is 14.7.